The van der Waals surface area contributed by atoms with Gasteiger partial charge in [-0.05, 0) is 16.0 Å². The lowest BCUT2D eigenvalue weighted by Gasteiger charge is -2.03. The highest BCUT2D eigenvalue weighted by Crippen LogP contribution is 2.32. The SMILES string of the molecule is Nc1cc(C(F)F)c(S(=O)(=O)Cl)nc1[N+](=O)[O-]. The molecule has 0 aliphatic carbocycles. The van der Waals surface area contributed by atoms with Crippen LogP contribution in [-0.2, 0) is 9.05 Å². The second kappa shape index (κ2) is 4.37. The molecule has 0 aromatic carbocycles. The van der Waals surface area contributed by atoms with E-state index in [9.17, 15) is 27.3 Å². The van der Waals surface area contributed by atoms with Crippen LogP contribution < -0.4 is 5.73 Å². The van der Waals surface area contributed by atoms with Crippen molar-refractivity contribution in [1.82, 2.24) is 4.98 Å². The molecule has 0 saturated heterocycles. The van der Waals surface area contributed by atoms with Crippen LogP contribution in [0.5, 0.6) is 0 Å². The summed E-state index contributed by atoms with van der Waals surface area (Å²) in [6, 6.07) is 0.463. The molecular formula is C6H4ClF2N3O4S. The van der Waals surface area contributed by atoms with E-state index in [-0.39, 0.29) is 0 Å². The normalized spacial score (nSPS) is 11.8. The zero-order valence-electron chi connectivity index (χ0n) is 7.80. The summed E-state index contributed by atoms with van der Waals surface area (Å²) in [7, 11) is 0.220. The Labute approximate surface area is 97.8 Å². The number of nitrogens with two attached hydrogens (primary N) is 1. The second-order valence-corrected chi connectivity index (χ2v) is 5.27. The van der Waals surface area contributed by atoms with E-state index in [0.29, 0.717) is 6.07 Å². The number of nitrogens with zero attached hydrogens (tertiary/aromatic N) is 2. The number of hydrogen-bond donors (Lipinski definition) is 1. The maximum absolute atomic E-state index is 12.5. The fraction of sp³-hybridized carbons (Fsp3) is 0.167. The van der Waals surface area contributed by atoms with Gasteiger partial charge in [0, 0.05) is 10.7 Å². The first-order valence-corrected chi connectivity index (χ1v) is 6.13. The Morgan fingerprint density at radius 3 is 2.41 bits per heavy atom. The van der Waals surface area contributed by atoms with E-state index in [1.807, 2.05) is 0 Å². The molecule has 0 aliphatic heterocycles. The molecule has 0 fully saturated rings. The van der Waals surface area contributed by atoms with Gasteiger partial charge in [-0.15, -0.1) is 0 Å². The molecule has 1 rings (SSSR count). The fourth-order valence-corrected chi connectivity index (χ4v) is 2.01. The van der Waals surface area contributed by atoms with Gasteiger partial charge in [-0.2, -0.15) is 0 Å². The van der Waals surface area contributed by atoms with Crippen LogP contribution in [0.1, 0.15) is 12.0 Å². The largest absolute Gasteiger partial charge is 0.392 e. The van der Waals surface area contributed by atoms with E-state index in [0.717, 1.165) is 0 Å². The molecule has 0 radical (unpaired) electrons. The molecule has 0 spiro atoms. The first kappa shape index (κ1) is 13.5. The zero-order valence-corrected chi connectivity index (χ0v) is 9.37. The van der Waals surface area contributed by atoms with Gasteiger partial charge in [0.15, 0.2) is 0 Å². The van der Waals surface area contributed by atoms with Crippen molar-refractivity contribution in [2.75, 3.05) is 5.73 Å². The van der Waals surface area contributed by atoms with Crippen molar-refractivity contribution in [3.8, 4) is 0 Å². The van der Waals surface area contributed by atoms with Gasteiger partial charge in [0.05, 0.1) is 5.56 Å². The van der Waals surface area contributed by atoms with E-state index in [2.05, 4.69) is 4.98 Å². The lowest BCUT2D eigenvalue weighted by molar-refractivity contribution is -0.389. The number of rotatable bonds is 3. The molecular weight excluding hydrogens is 284 g/mol. The monoisotopic (exact) mass is 287 g/mol. The number of alkyl halides is 2. The van der Waals surface area contributed by atoms with Gasteiger partial charge in [0.1, 0.15) is 5.69 Å². The summed E-state index contributed by atoms with van der Waals surface area (Å²) < 4.78 is 46.9. The van der Waals surface area contributed by atoms with Crippen molar-refractivity contribution in [2.24, 2.45) is 0 Å². The van der Waals surface area contributed by atoms with Crippen LogP contribution in [0.3, 0.4) is 0 Å². The van der Waals surface area contributed by atoms with E-state index < -0.39 is 42.5 Å². The fourth-order valence-electron chi connectivity index (χ4n) is 1.02. The van der Waals surface area contributed by atoms with Crippen molar-refractivity contribution in [1.29, 1.82) is 0 Å². The van der Waals surface area contributed by atoms with Gasteiger partial charge >= 0.3 is 14.9 Å². The highest BCUT2D eigenvalue weighted by molar-refractivity contribution is 8.13. The Hall–Kier alpha value is -1.55. The second-order valence-electron chi connectivity index (χ2n) is 2.79. The van der Waals surface area contributed by atoms with Gasteiger partial charge in [-0.25, -0.2) is 17.2 Å². The van der Waals surface area contributed by atoms with Crippen LogP contribution >= 0.6 is 10.7 Å². The molecule has 1 heterocycles. The van der Waals surface area contributed by atoms with Crippen LogP contribution in [0, 0.1) is 10.1 Å². The van der Waals surface area contributed by atoms with Gasteiger partial charge < -0.3 is 15.8 Å². The van der Waals surface area contributed by atoms with Crippen molar-refractivity contribution >= 4 is 31.2 Å². The third-order valence-electron chi connectivity index (χ3n) is 1.66. The Bertz CT molecular complexity index is 577. The number of nitrogen functional groups attached to an aromatic ring is 1. The summed E-state index contributed by atoms with van der Waals surface area (Å²) in [5, 5.41) is 9.15. The third-order valence-corrected chi connectivity index (χ3v) is 2.89. The average molecular weight is 288 g/mol. The first-order chi connectivity index (χ1) is 7.64. The third kappa shape index (κ3) is 2.77. The summed E-state index contributed by atoms with van der Waals surface area (Å²) in [4.78, 5) is 12.3. The predicted octanol–water partition coefficient (Wildman–Crippen LogP) is 1.44. The number of anilines is 1. The zero-order chi connectivity index (χ0) is 13.4. The van der Waals surface area contributed by atoms with Crippen LogP contribution in [0.25, 0.3) is 0 Å². The number of aromatic nitrogens is 1. The molecule has 94 valence electrons. The smallest absolute Gasteiger partial charge is 0.388 e. The molecule has 0 aliphatic rings. The molecule has 7 nitrogen and oxygen atoms in total. The highest BCUT2D eigenvalue weighted by atomic mass is 35.7. The lowest BCUT2D eigenvalue weighted by Crippen LogP contribution is -2.08. The van der Waals surface area contributed by atoms with Crippen LogP contribution in [0.15, 0.2) is 11.1 Å². The number of hydrogen-bond acceptors (Lipinski definition) is 6. The molecule has 1 aromatic heterocycles. The summed E-state index contributed by atoms with van der Waals surface area (Å²) in [5.41, 5.74) is 3.34. The Balaban J connectivity index is 3.66. The van der Waals surface area contributed by atoms with Gasteiger partial charge in [-0.1, -0.05) is 0 Å². The standard InChI is InChI=1S/C6H4ClF2N3O4S/c7-17(15,16)6-2(4(8)9)1-3(10)5(11-6)12(13)14/h1,4H,10H2. The van der Waals surface area contributed by atoms with E-state index >= 15 is 0 Å². The minimum Gasteiger partial charge on any atom is -0.392 e. The molecule has 0 saturated carbocycles. The minimum absolute atomic E-state index is 0.463. The Morgan fingerprint density at radius 1 is 1.53 bits per heavy atom. The lowest BCUT2D eigenvalue weighted by atomic mass is 10.2. The molecule has 2 N–H and O–H groups in total. The minimum atomic E-state index is -4.63. The van der Waals surface area contributed by atoms with Crippen LogP contribution in [0.2, 0.25) is 0 Å². The molecule has 11 heteroatoms. The number of pyridine rings is 1. The molecule has 0 atom stereocenters. The van der Waals surface area contributed by atoms with E-state index in [1.165, 1.54) is 0 Å². The van der Waals surface area contributed by atoms with Crippen molar-refractivity contribution < 1.29 is 22.1 Å². The van der Waals surface area contributed by atoms with Gasteiger partial charge in [0.25, 0.3) is 11.5 Å². The predicted molar refractivity (Wildman–Crippen MR) is 53.3 cm³/mol. The van der Waals surface area contributed by atoms with Crippen molar-refractivity contribution in [3.05, 3.63) is 21.7 Å². The maximum atomic E-state index is 12.5. The number of halogens is 3. The topological polar surface area (TPSA) is 116 Å². The Kier molecular flexibility index (Phi) is 3.48. The summed E-state index contributed by atoms with van der Waals surface area (Å²) >= 11 is 0. The van der Waals surface area contributed by atoms with E-state index in [1.54, 1.807) is 0 Å². The first-order valence-electron chi connectivity index (χ1n) is 3.82. The van der Waals surface area contributed by atoms with Crippen molar-refractivity contribution in [2.45, 2.75) is 11.5 Å². The molecule has 0 unspecified atom stereocenters. The molecule has 0 amide bonds. The quantitative estimate of drug-likeness (QED) is 0.511. The highest BCUT2D eigenvalue weighted by Gasteiger charge is 2.32. The number of nitro groups is 1. The van der Waals surface area contributed by atoms with Crippen LogP contribution in [-0.4, -0.2) is 18.3 Å². The summed E-state index contributed by atoms with van der Waals surface area (Å²) in [6.07, 6.45) is -3.23. The van der Waals surface area contributed by atoms with Crippen molar-refractivity contribution in [3.63, 3.8) is 0 Å². The maximum Gasteiger partial charge on any atom is 0.388 e. The Morgan fingerprint density at radius 2 is 2.06 bits per heavy atom. The van der Waals surface area contributed by atoms with E-state index in [4.69, 9.17) is 16.4 Å². The van der Waals surface area contributed by atoms with Gasteiger partial charge in [0.2, 0.25) is 0 Å². The summed E-state index contributed by atoms with van der Waals surface area (Å²) in [5.74, 6) is -1.05. The molecule has 17 heavy (non-hydrogen) atoms. The molecule has 0 bridgehead atoms. The van der Waals surface area contributed by atoms with Crippen LogP contribution in [0.4, 0.5) is 20.3 Å². The molecule has 1 aromatic rings. The summed E-state index contributed by atoms with van der Waals surface area (Å²) in [6.45, 7) is 0. The van der Waals surface area contributed by atoms with Gasteiger partial charge in [-0.3, -0.25) is 0 Å². The average Bonchev–Trinajstić information content (AvgIpc) is 2.14.